The van der Waals surface area contributed by atoms with Gasteiger partial charge in [-0.05, 0) is 68.7 Å². The van der Waals surface area contributed by atoms with E-state index in [0.717, 1.165) is 11.8 Å². The quantitative estimate of drug-likeness (QED) is 0.768. The monoisotopic (exact) mass is 404 g/mol. The van der Waals surface area contributed by atoms with Gasteiger partial charge in [0.15, 0.2) is 6.10 Å². The molecule has 0 bridgehead atoms. The van der Waals surface area contributed by atoms with Crippen LogP contribution in [0.4, 0.5) is 5.69 Å². The van der Waals surface area contributed by atoms with Crippen LogP contribution in [0, 0.1) is 13.8 Å². The molecular formula is C21H28N2O4S. The van der Waals surface area contributed by atoms with Gasteiger partial charge in [-0.2, -0.15) is 0 Å². The molecule has 0 aromatic heterocycles. The molecule has 0 saturated heterocycles. The van der Waals surface area contributed by atoms with Crippen LogP contribution in [0.25, 0.3) is 0 Å². The maximum absolute atomic E-state index is 12.5. The number of anilines is 1. The number of nitrogens with one attached hydrogen (secondary N) is 1. The van der Waals surface area contributed by atoms with Crippen molar-refractivity contribution in [3.05, 3.63) is 59.2 Å². The molecule has 6 nitrogen and oxygen atoms in total. The highest BCUT2D eigenvalue weighted by Gasteiger charge is 2.18. The number of nitrogens with zero attached hydrogens (tertiary/aromatic N) is 1. The normalized spacial score (nSPS) is 13.5. The summed E-state index contributed by atoms with van der Waals surface area (Å²) in [4.78, 5) is 12.5. The third-order valence-electron chi connectivity index (χ3n) is 4.77. The highest BCUT2D eigenvalue weighted by atomic mass is 32.2. The lowest BCUT2D eigenvalue weighted by Crippen LogP contribution is -2.37. The predicted octanol–water partition coefficient (Wildman–Crippen LogP) is 3.34. The molecule has 2 rings (SSSR count). The Balaban J connectivity index is 1.99. The second-order valence-corrected chi connectivity index (χ2v) is 9.07. The van der Waals surface area contributed by atoms with Crippen molar-refractivity contribution in [3.63, 3.8) is 0 Å². The Kier molecular flexibility index (Phi) is 6.72. The zero-order valence-corrected chi connectivity index (χ0v) is 18.0. The summed E-state index contributed by atoms with van der Waals surface area (Å²) in [6, 6.07) is 12.6. The fourth-order valence-corrected chi connectivity index (χ4v) is 3.14. The molecule has 0 unspecified atom stereocenters. The molecule has 0 aliphatic carbocycles. The van der Waals surface area contributed by atoms with Gasteiger partial charge in [-0.1, -0.05) is 18.2 Å². The van der Waals surface area contributed by atoms with Crippen molar-refractivity contribution < 1.29 is 17.9 Å². The van der Waals surface area contributed by atoms with Crippen LogP contribution in [0.2, 0.25) is 0 Å². The minimum Gasteiger partial charge on any atom is -0.481 e. The van der Waals surface area contributed by atoms with Crippen molar-refractivity contribution in [1.82, 2.24) is 5.32 Å². The molecular weight excluding hydrogens is 376 g/mol. The van der Waals surface area contributed by atoms with E-state index < -0.39 is 16.1 Å². The third kappa shape index (κ3) is 5.48. The van der Waals surface area contributed by atoms with Crippen molar-refractivity contribution in [3.8, 4) is 5.75 Å². The molecule has 0 heterocycles. The maximum atomic E-state index is 12.5. The number of rotatable bonds is 7. The second-order valence-electron chi connectivity index (χ2n) is 7.06. The molecule has 7 heteroatoms. The third-order valence-corrected chi connectivity index (χ3v) is 5.98. The summed E-state index contributed by atoms with van der Waals surface area (Å²) < 4.78 is 30.0. The number of sulfonamides is 1. The van der Waals surface area contributed by atoms with E-state index in [2.05, 4.69) is 18.3 Å². The van der Waals surface area contributed by atoms with Crippen molar-refractivity contribution >= 4 is 21.6 Å². The molecule has 28 heavy (non-hydrogen) atoms. The van der Waals surface area contributed by atoms with Gasteiger partial charge in [-0.25, -0.2) is 8.42 Å². The number of hydrogen-bond acceptors (Lipinski definition) is 4. The van der Waals surface area contributed by atoms with Gasteiger partial charge in [0.05, 0.1) is 18.0 Å². The Hall–Kier alpha value is -2.54. The molecule has 1 amide bonds. The SMILES string of the molecule is Cc1ccc([C@@H](C)NC(=O)[C@H](C)Oc2ccc(N(C)S(C)(=O)=O)cc2)cc1C. The average molecular weight is 405 g/mol. The van der Waals surface area contributed by atoms with E-state index in [4.69, 9.17) is 4.74 Å². The first-order valence-electron chi connectivity index (χ1n) is 9.07. The Bertz CT molecular complexity index is 939. The first-order valence-corrected chi connectivity index (χ1v) is 10.9. The molecule has 0 aliphatic heterocycles. The molecule has 2 aromatic carbocycles. The van der Waals surface area contributed by atoms with E-state index in [1.807, 2.05) is 26.0 Å². The fraction of sp³-hybridized carbons (Fsp3) is 0.381. The number of benzene rings is 2. The van der Waals surface area contributed by atoms with Crippen LogP contribution in [-0.4, -0.2) is 33.7 Å². The lowest BCUT2D eigenvalue weighted by atomic mass is 10.0. The van der Waals surface area contributed by atoms with Gasteiger partial charge in [0, 0.05) is 7.05 Å². The second kappa shape index (κ2) is 8.65. The molecule has 0 aliphatic rings. The van der Waals surface area contributed by atoms with Crippen LogP contribution < -0.4 is 14.4 Å². The van der Waals surface area contributed by atoms with Gasteiger partial charge in [0.1, 0.15) is 5.75 Å². The summed E-state index contributed by atoms with van der Waals surface area (Å²) in [5.74, 6) is 0.273. The summed E-state index contributed by atoms with van der Waals surface area (Å²) in [6.07, 6.45) is 0.452. The van der Waals surface area contributed by atoms with Gasteiger partial charge in [0.2, 0.25) is 10.0 Å². The number of aryl methyl sites for hydroxylation is 2. The summed E-state index contributed by atoms with van der Waals surface area (Å²) in [5.41, 5.74) is 3.96. The van der Waals surface area contributed by atoms with E-state index in [9.17, 15) is 13.2 Å². The average Bonchev–Trinajstić information content (AvgIpc) is 2.63. The highest BCUT2D eigenvalue weighted by Crippen LogP contribution is 2.21. The molecule has 152 valence electrons. The van der Waals surface area contributed by atoms with Crippen LogP contribution in [0.5, 0.6) is 5.75 Å². The van der Waals surface area contributed by atoms with Gasteiger partial charge in [-0.15, -0.1) is 0 Å². The van der Waals surface area contributed by atoms with Crippen molar-refractivity contribution in [1.29, 1.82) is 0 Å². The molecule has 0 fully saturated rings. The minimum absolute atomic E-state index is 0.136. The lowest BCUT2D eigenvalue weighted by molar-refractivity contribution is -0.127. The molecule has 0 radical (unpaired) electrons. The summed E-state index contributed by atoms with van der Waals surface area (Å²) in [6.45, 7) is 7.71. The molecule has 2 atom stereocenters. The smallest absolute Gasteiger partial charge is 0.261 e. The van der Waals surface area contributed by atoms with E-state index in [1.165, 1.54) is 22.5 Å². The van der Waals surface area contributed by atoms with Crippen molar-refractivity contribution in [2.24, 2.45) is 0 Å². The van der Waals surface area contributed by atoms with E-state index in [-0.39, 0.29) is 11.9 Å². The van der Waals surface area contributed by atoms with Crippen LogP contribution in [0.1, 0.15) is 36.6 Å². The number of hydrogen-bond donors (Lipinski definition) is 1. The summed E-state index contributed by atoms with van der Waals surface area (Å²) >= 11 is 0. The summed E-state index contributed by atoms with van der Waals surface area (Å²) in [7, 11) is -1.84. The maximum Gasteiger partial charge on any atom is 0.261 e. The molecule has 0 spiro atoms. The van der Waals surface area contributed by atoms with Crippen LogP contribution in [0.15, 0.2) is 42.5 Å². The van der Waals surface area contributed by atoms with Gasteiger partial charge in [0.25, 0.3) is 5.91 Å². The molecule has 1 N–H and O–H groups in total. The Morgan fingerprint density at radius 2 is 1.64 bits per heavy atom. The lowest BCUT2D eigenvalue weighted by Gasteiger charge is -2.20. The number of carbonyl (C=O) groups is 1. The number of carbonyl (C=O) groups excluding carboxylic acids is 1. The zero-order valence-electron chi connectivity index (χ0n) is 17.2. The van der Waals surface area contributed by atoms with Crippen molar-refractivity contribution in [2.75, 3.05) is 17.6 Å². The number of ether oxygens (including phenoxy) is 1. The predicted molar refractivity (Wildman–Crippen MR) is 112 cm³/mol. The van der Waals surface area contributed by atoms with E-state index >= 15 is 0 Å². The standard InChI is InChI=1S/C21H28N2O4S/c1-14-7-8-18(13-15(14)2)16(3)22-21(24)17(4)27-20-11-9-19(10-12-20)23(5)28(6,25)26/h7-13,16-17H,1-6H3,(H,22,24)/t16-,17+/m1/s1. The van der Waals surface area contributed by atoms with Crippen molar-refractivity contribution in [2.45, 2.75) is 39.8 Å². The van der Waals surface area contributed by atoms with Gasteiger partial charge < -0.3 is 10.1 Å². The Labute approximate surface area is 167 Å². The van der Waals surface area contributed by atoms with E-state index in [0.29, 0.717) is 11.4 Å². The first kappa shape index (κ1) is 21.8. The van der Waals surface area contributed by atoms with Crippen LogP contribution in [-0.2, 0) is 14.8 Å². The highest BCUT2D eigenvalue weighted by molar-refractivity contribution is 7.92. The van der Waals surface area contributed by atoms with Crippen LogP contribution >= 0.6 is 0 Å². The first-order chi connectivity index (χ1) is 13.0. The van der Waals surface area contributed by atoms with E-state index in [1.54, 1.807) is 31.2 Å². The molecule has 2 aromatic rings. The van der Waals surface area contributed by atoms with Gasteiger partial charge >= 0.3 is 0 Å². The Morgan fingerprint density at radius 3 is 2.18 bits per heavy atom. The number of amides is 1. The topological polar surface area (TPSA) is 75.7 Å². The fourth-order valence-electron chi connectivity index (χ4n) is 2.63. The molecule has 0 saturated carbocycles. The zero-order chi connectivity index (χ0) is 21.1. The van der Waals surface area contributed by atoms with Gasteiger partial charge in [-0.3, -0.25) is 9.10 Å². The summed E-state index contributed by atoms with van der Waals surface area (Å²) in [5, 5.41) is 2.96. The van der Waals surface area contributed by atoms with Crippen LogP contribution in [0.3, 0.4) is 0 Å². The minimum atomic E-state index is -3.32. The largest absolute Gasteiger partial charge is 0.481 e. The Morgan fingerprint density at radius 1 is 1.04 bits per heavy atom.